The molecule has 0 bridgehead atoms. The second-order valence-electron chi connectivity index (χ2n) is 6.62. The Labute approximate surface area is 152 Å². The number of Topliss-reactive ketones (excluding diaryl/α,β-unsaturated/α-hetero) is 1. The van der Waals surface area contributed by atoms with Crippen molar-refractivity contribution in [1.29, 1.82) is 0 Å². The van der Waals surface area contributed by atoms with Crippen LogP contribution >= 0.6 is 0 Å². The third kappa shape index (κ3) is 3.54. The zero-order valence-corrected chi connectivity index (χ0v) is 15.4. The molecular formula is C20H23N3O3. The molecule has 0 saturated carbocycles. The molecule has 1 aliphatic heterocycles. The minimum Gasteiger partial charge on any atom is -0.466 e. The number of hydrogen-bond acceptors (Lipinski definition) is 5. The van der Waals surface area contributed by atoms with Crippen molar-refractivity contribution in [2.24, 2.45) is 5.10 Å². The van der Waals surface area contributed by atoms with Crippen molar-refractivity contribution >= 4 is 23.1 Å². The first-order chi connectivity index (χ1) is 12.4. The van der Waals surface area contributed by atoms with Gasteiger partial charge in [0.15, 0.2) is 5.78 Å². The van der Waals surface area contributed by atoms with Gasteiger partial charge in [0.1, 0.15) is 23.3 Å². The Morgan fingerprint density at radius 3 is 2.54 bits per heavy atom. The van der Waals surface area contributed by atoms with E-state index in [9.17, 15) is 9.59 Å². The van der Waals surface area contributed by atoms with Crippen LogP contribution in [0.1, 0.15) is 43.4 Å². The fourth-order valence-corrected chi connectivity index (χ4v) is 3.22. The Bertz CT molecular complexity index is 854. The van der Waals surface area contributed by atoms with Crippen LogP contribution in [0.5, 0.6) is 0 Å². The van der Waals surface area contributed by atoms with Gasteiger partial charge in [0.2, 0.25) is 0 Å². The second kappa shape index (κ2) is 7.15. The minimum absolute atomic E-state index is 0.0187. The maximum absolute atomic E-state index is 12.7. The lowest BCUT2D eigenvalue weighted by Gasteiger charge is -2.20. The third-order valence-corrected chi connectivity index (χ3v) is 4.56. The quantitative estimate of drug-likeness (QED) is 0.895. The number of carbonyl (C=O) groups excluding carboxylic acids is 2. The van der Waals surface area contributed by atoms with Gasteiger partial charge in [0.05, 0.1) is 11.7 Å². The van der Waals surface area contributed by atoms with E-state index < -0.39 is 6.04 Å². The van der Waals surface area contributed by atoms with Gasteiger partial charge >= 0.3 is 0 Å². The molecule has 6 heteroatoms. The van der Waals surface area contributed by atoms with E-state index in [0.29, 0.717) is 12.1 Å². The molecule has 26 heavy (non-hydrogen) atoms. The van der Waals surface area contributed by atoms with E-state index in [0.717, 1.165) is 22.8 Å². The Kier molecular flexibility index (Phi) is 4.93. The van der Waals surface area contributed by atoms with Crippen LogP contribution in [0.15, 0.2) is 45.9 Å². The lowest BCUT2D eigenvalue weighted by atomic mass is 10.1. The van der Waals surface area contributed by atoms with Crippen molar-refractivity contribution in [3.05, 3.63) is 53.5 Å². The first kappa shape index (κ1) is 17.9. The van der Waals surface area contributed by atoms with E-state index in [1.807, 2.05) is 57.2 Å². The van der Waals surface area contributed by atoms with Crippen LogP contribution < -0.4 is 10.3 Å². The fraction of sp³-hybridized carbons (Fsp3) is 0.350. The van der Waals surface area contributed by atoms with Gasteiger partial charge in [-0.1, -0.05) is 18.2 Å². The lowest BCUT2D eigenvalue weighted by Crippen LogP contribution is -2.35. The predicted molar refractivity (Wildman–Crippen MR) is 100 cm³/mol. The monoisotopic (exact) mass is 353 g/mol. The first-order valence-electron chi connectivity index (χ1n) is 8.67. The highest BCUT2D eigenvalue weighted by atomic mass is 16.3. The number of rotatable bonds is 5. The average molecular weight is 353 g/mol. The van der Waals surface area contributed by atoms with Crippen LogP contribution in [-0.2, 0) is 9.59 Å². The predicted octanol–water partition coefficient (Wildman–Crippen LogP) is 3.30. The zero-order chi connectivity index (χ0) is 18.8. The van der Waals surface area contributed by atoms with Gasteiger partial charge in [-0.3, -0.25) is 14.6 Å². The molecule has 2 heterocycles. The number of hydrazone groups is 1. The van der Waals surface area contributed by atoms with Crippen molar-refractivity contribution in [2.45, 2.75) is 46.2 Å². The smallest absolute Gasteiger partial charge is 0.268 e. The molecule has 0 fully saturated rings. The largest absolute Gasteiger partial charge is 0.466 e. The van der Waals surface area contributed by atoms with Crippen molar-refractivity contribution in [3.8, 4) is 0 Å². The maximum atomic E-state index is 12.7. The van der Waals surface area contributed by atoms with Gasteiger partial charge < -0.3 is 9.73 Å². The molecule has 3 rings (SSSR count). The van der Waals surface area contributed by atoms with Gasteiger partial charge in [0.25, 0.3) is 5.91 Å². The van der Waals surface area contributed by atoms with Gasteiger partial charge in [-0.15, -0.1) is 0 Å². The van der Waals surface area contributed by atoms with E-state index in [1.165, 1.54) is 6.92 Å². The Hall–Kier alpha value is -2.89. The van der Waals surface area contributed by atoms with Gasteiger partial charge in [0, 0.05) is 12.0 Å². The van der Waals surface area contributed by atoms with E-state index in [-0.39, 0.29) is 17.7 Å². The summed E-state index contributed by atoms with van der Waals surface area (Å²) in [5, 5.41) is 9.02. The number of nitrogens with one attached hydrogen (secondary N) is 1. The second-order valence-corrected chi connectivity index (χ2v) is 6.62. The number of aryl methyl sites for hydroxylation is 2. The van der Waals surface area contributed by atoms with Crippen molar-refractivity contribution < 1.29 is 14.0 Å². The summed E-state index contributed by atoms with van der Waals surface area (Å²) < 4.78 is 5.53. The molecule has 0 saturated heterocycles. The number of carbonyl (C=O) groups is 2. The molecule has 1 aliphatic rings. The molecule has 136 valence electrons. The molecule has 1 amide bonds. The van der Waals surface area contributed by atoms with Crippen molar-refractivity contribution in [3.63, 3.8) is 0 Å². The summed E-state index contributed by atoms with van der Waals surface area (Å²) in [5.74, 6) is 1.31. The average Bonchev–Trinajstić information content (AvgIpc) is 3.19. The summed E-state index contributed by atoms with van der Waals surface area (Å²) in [5.41, 5.74) is 2.10. The van der Waals surface area contributed by atoms with E-state index in [2.05, 4.69) is 10.4 Å². The number of nitrogens with zero attached hydrogens (tertiary/aromatic N) is 2. The zero-order valence-electron chi connectivity index (χ0n) is 15.4. The highest BCUT2D eigenvalue weighted by Gasteiger charge is 2.34. The number of hydrogen-bond donors (Lipinski definition) is 1. The van der Waals surface area contributed by atoms with Crippen LogP contribution in [0.2, 0.25) is 0 Å². The summed E-state index contributed by atoms with van der Waals surface area (Å²) in [4.78, 5) is 24.7. The Morgan fingerprint density at radius 1 is 1.27 bits per heavy atom. The highest BCUT2D eigenvalue weighted by Crippen LogP contribution is 2.26. The van der Waals surface area contributed by atoms with E-state index in [4.69, 9.17) is 4.42 Å². The summed E-state index contributed by atoms with van der Waals surface area (Å²) >= 11 is 0. The third-order valence-electron chi connectivity index (χ3n) is 4.56. The number of para-hydroxylation sites is 1. The number of benzene rings is 1. The molecule has 1 N–H and O–H groups in total. The van der Waals surface area contributed by atoms with Crippen molar-refractivity contribution in [2.75, 3.05) is 5.01 Å². The van der Waals surface area contributed by atoms with Crippen molar-refractivity contribution in [1.82, 2.24) is 5.32 Å². The topological polar surface area (TPSA) is 74.9 Å². The number of amides is 1. The van der Waals surface area contributed by atoms with Crippen LogP contribution in [0, 0.1) is 13.8 Å². The molecule has 0 aliphatic carbocycles. The molecular weight excluding hydrogens is 330 g/mol. The van der Waals surface area contributed by atoms with Crippen LogP contribution in [-0.4, -0.2) is 23.4 Å². The molecule has 1 aromatic heterocycles. The Morgan fingerprint density at radius 2 is 1.96 bits per heavy atom. The highest BCUT2D eigenvalue weighted by molar-refractivity contribution is 6.40. The van der Waals surface area contributed by atoms with Gasteiger partial charge in [-0.25, -0.2) is 0 Å². The summed E-state index contributed by atoms with van der Waals surface area (Å²) in [7, 11) is 0. The number of furan rings is 1. The van der Waals surface area contributed by atoms with Crippen LogP contribution in [0.25, 0.3) is 0 Å². The van der Waals surface area contributed by atoms with Crippen LogP contribution in [0.3, 0.4) is 0 Å². The summed E-state index contributed by atoms with van der Waals surface area (Å²) in [6, 6.07) is 10.7. The normalized spacial score (nSPS) is 17.8. The van der Waals surface area contributed by atoms with E-state index >= 15 is 0 Å². The molecule has 0 spiro atoms. The first-order valence-corrected chi connectivity index (χ1v) is 8.67. The van der Waals surface area contributed by atoms with E-state index in [1.54, 1.807) is 5.01 Å². The number of ketones is 1. The Balaban J connectivity index is 1.78. The molecule has 0 radical (unpaired) electrons. The minimum atomic E-state index is -0.452. The molecule has 2 unspecified atom stereocenters. The maximum Gasteiger partial charge on any atom is 0.268 e. The summed E-state index contributed by atoms with van der Waals surface area (Å²) in [6.45, 7) is 7.18. The molecule has 2 aromatic rings. The van der Waals surface area contributed by atoms with Crippen LogP contribution in [0.4, 0.5) is 5.69 Å². The SMILES string of the molecule is CC(=O)C1CC(C(=O)NC(C)c2cc(C)oc2C)=NN1c1ccccc1. The molecule has 6 nitrogen and oxygen atoms in total. The fourth-order valence-electron chi connectivity index (χ4n) is 3.22. The number of anilines is 1. The lowest BCUT2D eigenvalue weighted by molar-refractivity contribution is -0.118. The van der Waals surface area contributed by atoms with Gasteiger partial charge in [-0.05, 0) is 45.9 Å². The standard InChI is InChI=1S/C20H23N3O3/c1-12-10-17(15(4)26-12)13(2)21-20(25)18-11-19(14(3)24)23(22-18)16-8-6-5-7-9-16/h5-10,13,19H,11H2,1-4H3,(H,21,25). The molecule has 2 atom stereocenters. The summed E-state index contributed by atoms with van der Waals surface area (Å²) in [6.07, 6.45) is 0.298. The van der Waals surface area contributed by atoms with Gasteiger partial charge in [-0.2, -0.15) is 5.10 Å². The molecule has 1 aromatic carbocycles.